The normalized spacial score (nSPS) is 23.5. The van der Waals surface area contributed by atoms with Crippen LogP contribution in [0.4, 0.5) is 19.0 Å². The number of methoxy groups -OCH3 is 1. The quantitative estimate of drug-likeness (QED) is 0.346. The van der Waals surface area contributed by atoms with Gasteiger partial charge in [0, 0.05) is 36.5 Å². The van der Waals surface area contributed by atoms with Crippen LogP contribution in [0, 0.1) is 29.5 Å². The summed E-state index contributed by atoms with van der Waals surface area (Å²) >= 11 is 6.54. The van der Waals surface area contributed by atoms with Gasteiger partial charge in [-0.1, -0.05) is 11.6 Å². The molecule has 36 heavy (non-hydrogen) atoms. The van der Waals surface area contributed by atoms with Crippen LogP contribution >= 0.6 is 11.6 Å². The Morgan fingerprint density at radius 3 is 2.64 bits per heavy atom. The maximum Gasteiger partial charge on any atom is 0.311 e. The lowest BCUT2D eigenvalue weighted by atomic mass is 9.94. The van der Waals surface area contributed by atoms with Crippen molar-refractivity contribution in [3.8, 4) is 16.9 Å². The number of fused-ring (bicyclic) bond motifs is 3. The number of halogens is 4. The molecule has 2 aliphatic carbocycles. The Balaban J connectivity index is 1.51. The molecule has 1 saturated heterocycles. The molecular weight excluding hydrogens is 495 g/mol. The van der Waals surface area contributed by atoms with Gasteiger partial charge in [-0.25, -0.2) is 8.78 Å². The average Bonchev–Trinajstić information content (AvgIpc) is 3.63. The number of piperidine rings is 1. The van der Waals surface area contributed by atoms with Crippen molar-refractivity contribution in [2.75, 3.05) is 31.9 Å². The van der Waals surface area contributed by atoms with E-state index in [0.717, 1.165) is 19.3 Å². The number of aliphatic hydroxyl groups is 1. The molecule has 2 bridgehead atoms. The minimum Gasteiger partial charge on any atom is -0.467 e. The molecule has 6 rings (SSSR count). The first-order valence-electron chi connectivity index (χ1n) is 12.1. The molecule has 1 aliphatic heterocycles. The van der Waals surface area contributed by atoms with Crippen LogP contribution in [0.1, 0.15) is 37.2 Å². The van der Waals surface area contributed by atoms with E-state index in [0.29, 0.717) is 35.8 Å². The van der Waals surface area contributed by atoms with E-state index in [1.165, 1.54) is 19.2 Å². The summed E-state index contributed by atoms with van der Waals surface area (Å²) in [4.78, 5) is 9.47. The monoisotopic (exact) mass is 519 g/mol. The zero-order chi connectivity index (χ0) is 25.1. The fraction of sp³-hybridized carbons (Fsp3) is 0.462. The van der Waals surface area contributed by atoms with Crippen LogP contribution < -0.4 is 9.64 Å². The minimum absolute atomic E-state index is 0.0175. The van der Waals surface area contributed by atoms with E-state index in [2.05, 4.69) is 9.97 Å². The molecule has 3 aromatic rings. The van der Waals surface area contributed by atoms with Crippen molar-refractivity contribution in [3.63, 3.8) is 0 Å². The van der Waals surface area contributed by atoms with Crippen molar-refractivity contribution in [2.24, 2.45) is 11.8 Å². The largest absolute Gasteiger partial charge is 0.467 e. The van der Waals surface area contributed by atoms with Gasteiger partial charge in [0.15, 0.2) is 12.6 Å². The number of ether oxygens (including phenoxy) is 2. The Hall–Kier alpha value is -2.62. The van der Waals surface area contributed by atoms with Gasteiger partial charge in [-0.2, -0.15) is 14.4 Å². The van der Waals surface area contributed by atoms with E-state index in [9.17, 15) is 9.50 Å². The molecule has 3 unspecified atom stereocenters. The molecule has 2 saturated carbocycles. The van der Waals surface area contributed by atoms with Gasteiger partial charge < -0.3 is 19.5 Å². The van der Waals surface area contributed by atoms with Crippen LogP contribution in [0.15, 0.2) is 18.2 Å². The van der Waals surface area contributed by atoms with E-state index in [1.54, 1.807) is 6.07 Å². The second-order valence-electron chi connectivity index (χ2n) is 10.0. The van der Waals surface area contributed by atoms with Crippen LogP contribution in [0.3, 0.4) is 0 Å². The van der Waals surface area contributed by atoms with Gasteiger partial charge in [0.25, 0.3) is 0 Å². The van der Waals surface area contributed by atoms with Crippen molar-refractivity contribution in [1.82, 2.24) is 9.97 Å². The Bertz CT molecular complexity index is 1350. The van der Waals surface area contributed by atoms with Gasteiger partial charge in [-0.15, -0.1) is 0 Å². The van der Waals surface area contributed by atoms with Gasteiger partial charge in [-0.05, 0) is 66.8 Å². The number of hydrogen-bond acceptors (Lipinski definition) is 6. The number of nitrogens with zero attached hydrogens (tertiary/aromatic N) is 3. The Morgan fingerprint density at radius 2 is 1.92 bits per heavy atom. The van der Waals surface area contributed by atoms with E-state index in [-0.39, 0.29) is 52.4 Å². The zero-order valence-electron chi connectivity index (χ0n) is 19.6. The average molecular weight is 520 g/mol. The summed E-state index contributed by atoms with van der Waals surface area (Å²) in [5, 5.41) is 10.7. The van der Waals surface area contributed by atoms with Crippen molar-refractivity contribution in [3.05, 3.63) is 46.5 Å². The lowest BCUT2D eigenvalue weighted by Gasteiger charge is -2.33. The van der Waals surface area contributed by atoms with Crippen molar-refractivity contribution < 1.29 is 27.8 Å². The van der Waals surface area contributed by atoms with E-state index in [4.69, 9.17) is 21.1 Å². The topological polar surface area (TPSA) is 67.7 Å². The van der Waals surface area contributed by atoms with Gasteiger partial charge >= 0.3 is 6.08 Å². The minimum atomic E-state index is -1.09. The van der Waals surface area contributed by atoms with Gasteiger partial charge in [0.1, 0.15) is 22.9 Å². The highest BCUT2D eigenvalue weighted by Crippen LogP contribution is 2.50. The maximum atomic E-state index is 16.1. The van der Waals surface area contributed by atoms with E-state index >= 15 is 8.78 Å². The molecular formula is C26H25ClF3N3O3. The molecule has 6 nitrogen and oxygen atoms in total. The fourth-order valence-electron chi connectivity index (χ4n) is 5.84. The molecule has 0 radical (unpaired) electrons. The molecule has 1 N–H and O–H groups in total. The summed E-state index contributed by atoms with van der Waals surface area (Å²) in [5.74, 6) is -1.04. The first-order chi connectivity index (χ1) is 17.3. The van der Waals surface area contributed by atoms with E-state index in [1.807, 2.05) is 4.90 Å². The molecule has 3 aliphatic rings. The Labute approximate surface area is 211 Å². The fourth-order valence-corrected chi connectivity index (χ4v) is 6.20. The van der Waals surface area contributed by atoms with Gasteiger partial charge in [0.05, 0.1) is 11.7 Å². The van der Waals surface area contributed by atoms with Crippen LogP contribution in [-0.2, 0) is 4.74 Å². The number of benzene rings is 2. The first kappa shape index (κ1) is 23.8. The lowest BCUT2D eigenvalue weighted by Crippen LogP contribution is -2.38. The highest BCUT2D eigenvalue weighted by Gasteiger charge is 2.40. The number of rotatable bonds is 6. The number of aliphatic hydroxyl groups excluding tert-OH is 1. The summed E-state index contributed by atoms with van der Waals surface area (Å²) < 4.78 is 56.9. The molecule has 2 heterocycles. The summed E-state index contributed by atoms with van der Waals surface area (Å²) in [6.07, 6.45) is 1.72. The molecule has 3 atom stereocenters. The highest BCUT2D eigenvalue weighted by molar-refractivity contribution is 6.32. The van der Waals surface area contributed by atoms with Crippen molar-refractivity contribution in [2.45, 2.75) is 37.7 Å². The maximum absolute atomic E-state index is 16.1. The second-order valence-corrected chi connectivity index (χ2v) is 10.4. The first-order valence-corrected chi connectivity index (χ1v) is 12.5. The molecule has 2 aromatic carbocycles. The summed E-state index contributed by atoms with van der Waals surface area (Å²) in [7, 11) is 1.46. The SMILES string of the molecule is COCOc1cc(Cl)c(C2CC2)c(-c2c(F)cc3c(N4CC5CC(O)C(C5)C4)nc(F)nc3c2F)c1. The predicted molar refractivity (Wildman–Crippen MR) is 129 cm³/mol. The third kappa shape index (κ3) is 4.07. The molecule has 10 heteroatoms. The smallest absolute Gasteiger partial charge is 0.311 e. The third-order valence-corrected chi connectivity index (χ3v) is 7.84. The second kappa shape index (κ2) is 9.04. The van der Waals surface area contributed by atoms with Crippen LogP contribution in [0.2, 0.25) is 5.02 Å². The summed E-state index contributed by atoms with van der Waals surface area (Å²) in [6, 6.07) is 4.31. The number of aromatic nitrogens is 2. The van der Waals surface area contributed by atoms with Crippen LogP contribution in [0.5, 0.6) is 5.75 Å². The molecule has 190 valence electrons. The number of anilines is 1. The standard InChI is InChI=1S/C26H25ClF3N3O3/c1-35-11-36-15-6-16(21(13-2-3-13)18(27)7-15)22-19(28)8-17-24(23(22)29)31-26(30)32-25(17)33-9-12-4-14(10-33)20(34)5-12/h6-8,12-14,20,34H,2-5,9-11H2,1H3. The lowest BCUT2D eigenvalue weighted by molar-refractivity contribution is 0.0511. The third-order valence-electron chi connectivity index (χ3n) is 7.53. The van der Waals surface area contributed by atoms with Crippen LogP contribution in [0.25, 0.3) is 22.0 Å². The van der Waals surface area contributed by atoms with Crippen molar-refractivity contribution >= 4 is 28.3 Å². The summed E-state index contributed by atoms with van der Waals surface area (Å²) in [6.45, 7) is 0.911. The van der Waals surface area contributed by atoms with Crippen LogP contribution in [-0.4, -0.2) is 48.2 Å². The molecule has 0 spiro atoms. The Kier molecular flexibility index (Phi) is 5.97. The van der Waals surface area contributed by atoms with E-state index < -0.39 is 23.8 Å². The Morgan fingerprint density at radius 1 is 1.11 bits per heavy atom. The molecule has 0 amide bonds. The van der Waals surface area contributed by atoms with Gasteiger partial charge in [0.2, 0.25) is 0 Å². The molecule has 3 fully saturated rings. The van der Waals surface area contributed by atoms with Crippen molar-refractivity contribution in [1.29, 1.82) is 0 Å². The predicted octanol–water partition coefficient (Wildman–Crippen LogP) is 5.43. The van der Waals surface area contributed by atoms with Gasteiger partial charge in [-0.3, -0.25) is 0 Å². The molecule has 1 aromatic heterocycles. The zero-order valence-corrected chi connectivity index (χ0v) is 20.4. The highest BCUT2D eigenvalue weighted by atomic mass is 35.5. The summed E-state index contributed by atoms with van der Waals surface area (Å²) in [5.41, 5.74) is 0.267. The number of hydrogen-bond donors (Lipinski definition) is 1.